The van der Waals surface area contributed by atoms with E-state index in [4.69, 9.17) is 5.73 Å². The van der Waals surface area contributed by atoms with Gasteiger partial charge in [-0.15, -0.1) is 0 Å². The van der Waals surface area contributed by atoms with E-state index in [1.165, 1.54) is 10.8 Å². The molecule has 2 N–H and O–H groups in total. The van der Waals surface area contributed by atoms with Crippen LogP contribution in [0.1, 0.15) is 30.9 Å². The molecule has 0 saturated carbocycles. The maximum Gasteiger partial charge on any atom is 0.222 e. The van der Waals surface area contributed by atoms with Gasteiger partial charge in [-0.1, -0.05) is 42.5 Å². The number of amides is 1. The van der Waals surface area contributed by atoms with Gasteiger partial charge in [0.15, 0.2) is 0 Å². The van der Waals surface area contributed by atoms with E-state index >= 15 is 0 Å². The summed E-state index contributed by atoms with van der Waals surface area (Å²) in [6.45, 7) is 0. The fourth-order valence-corrected chi connectivity index (χ4v) is 3.21. The molecule has 20 heavy (non-hydrogen) atoms. The molecule has 3 heteroatoms. The van der Waals surface area contributed by atoms with Gasteiger partial charge in [-0.05, 0) is 29.2 Å². The van der Waals surface area contributed by atoms with E-state index in [1.54, 1.807) is 0 Å². The highest BCUT2D eigenvalue weighted by atomic mass is 16.2. The van der Waals surface area contributed by atoms with Crippen LogP contribution in [-0.4, -0.2) is 23.9 Å². The molecule has 0 aromatic heterocycles. The summed E-state index contributed by atoms with van der Waals surface area (Å²) in [5, 5.41) is 2.39. The first-order chi connectivity index (χ1) is 9.68. The van der Waals surface area contributed by atoms with Crippen molar-refractivity contribution >= 4 is 16.7 Å². The molecule has 1 fully saturated rings. The van der Waals surface area contributed by atoms with Gasteiger partial charge in [-0.2, -0.15) is 0 Å². The number of likely N-dealkylation sites (tertiary alicyclic amines) is 1. The molecule has 2 unspecified atom stereocenters. The quantitative estimate of drug-likeness (QED) is 0.864. The Morgan fingerprint density at radius 2 is 1.90 bits per heavy atom. The molecule has 0 aliphatic carbocycles. The fourth-order valence-electron chi connectivity index (χ4n) is 3.21. The third kappa shape index (κ3) is 2.18. The van der Waals surface area contributed by atoms with Gasteiger partial charge in [0.2, 0.25) is 5.91 Å². The topological polar surface area (TPSA) is 46.3 Å². The van der Waals surface area contributed by atoms with Crippen molar-refractivity contribution in [3.05, 3.63) is 48.0 Å². The lowest BCUT2D eigenvalue weighted by Gasteiger charge is -2.31. The van der Waals surface area contributed by atoms with Crippen LogP contribution >= 0.6 is 0 Å². The molecule has 1 saturated heterocycles. The van der Waals surface area contributed by atoms with Crippen molar-refractivity contribution < 1.29 is 4.79 Å². The molecule has 2 aromatic carbocycles. The average molecular weight is 268 g/mol. The Morgan fingerprint density at radius 1 is 1.15 bits per heavy atom. The summed E-state index contributed by atoms with van der Waals surface area (Å²) in [5.41, 5.74) is 7.52. The Balaban J connectivity index is 2.14. The van der Waals surface area contributed by atoms with E-state index < -0.39 is 0 Å². The number of likely N-dealkylation sites (N-methyl/N-ethyl adjacent to an activating group) is 1. The van der Waals surface area contributed by atoms with Crippen LogP contribution < -0.4 is 5.73 Å². The number of hydrogen-bond donors (Lipinski definition) is 1. The summed E-state index contributed by atoms with van der Waals surface area (Å²) < 4.78 is 0. The van der Waals surface area contributed by atoms with Crippen LogP contribution in [0.2, 0.25) is 0 Å². The first kappa shape index (κ1) is 13.1. The number of nitrogens with zero attached hydrogens (tertiary/aromatic N) is 1. The zero-order chi connectivity index (χ0) is 14.1. The van der Waals surface area contributed by atoms with E-state index in [1.807, 2.05) is 30.1 Å². The van der Waals surface area contributed by atoms with Crippen molar-refractivity contribution in [2.75, 3.05) is 7.05 Å². The monoisotopic (exact) mass is 268 g/mol. The van der Waals surface area contributed by atoms with E-state index in [9.17, 15) is 4.79 Å². The third-order valence-corrected chi connectivity index (χ3v) is 4.29. The predicted molar refractivity (Wildman–Crippen MR) is 81.3 cm³/mol. The number of carbonyl (C=O) groups excluding carboxylic acids is 1. The Bertz CT molecular complexity index is 632. The highest BCUT2D eigenvalue weighted by Crippen LogP contribution is 2.33. The highest BCUT2D eigenvalue weighted by molar-refractivity contribution is 5.87. The molecule has 3 nitrogen and oxygen atoms in total. The maximum absolute atomic E-state index is 12.1. The van der Waals surface area contributed by atoms with E-state index in [0.717, 1.165) is 18.4 Å². The number of fused-ring (bicyclic) bond motifs is 1. The lowest BCUT2D eigenvalue weighted by molar-refractivity contribution is -0.131. The van der Waals surface area contributed by atoms with Gasteiger partial charge in [0.05, 0.1) is 6.04 Å². The summed E-state index contributed by atoms with van der Waals surface area (Å²) in [7, 11) is 1.87. The normalized spacial score (nSPS) is 23.9. The Morgan fingerprint density at radius 3 is 2.75 bits per heavy atom. The largest absolute Gasteiger partial charge is 0.337 e. The second kappa shape index (κ2) is 5.25. The molecule has 1 aliphatic rings. The van der Waals surface area contributed by atoms with Crippen LogP contribution in [-0.2, 0) is 4.79 Å². The van der Waals surface area contributed by atoms with Crippen LogP contribution in [0.5, 0.6) is 0 Å². The van der Waals surface area contributed by atoms with Crippen molar-refractivity contribution in [3.63, 3.8) is 0 Å². The molecule has 2 aromatic rings. The molecule has 0 spiro atoms. The zero-order valence-corrected chi connectivity index (χ0v) is 11.8. The second-order valence-electron chi connectivity index (χ2n) is 5.57. The van der Waals surface area contributed by atoms with Gasteiger partial charge in [0.25, 0.3) is 0 Å². The minimum absolute atomic E-state index is 0.00254. The molecule has 0 radical (unpaired) electrons. The molecule has 104 valence electrons. The number of rotatable bonds is 1. The fraction of sp³-hybridized carbons (Fsp3) is 0.353. The molecule has 2 atom stereocenters. The molecule has 1 amide bonds. The predicted octanol–water partition coefficient (Wildman–Crippen LogP) is 2.85. The van der Waals surface area contributed by atoms with Crippen molar-refractivity contribution in [2.45, 2.75) is 31.3 Å². The molecule has 3 rings (SSSR count). The SMILES string of the molecule is CN1C(=O)CCCC(N)C1c1cccc2ccccc12. The summed E-state index contributed by atoms with van der Waals surface area (Å²) in [5.74, 6) is 0.191. The molecule has 0 bridgehead atoms. The first-order valence-corrected chi connectivity index (χ1v) is 7.17. The minimum atomic E-state index is -0.0314. The minimum Gasteiger partial charge on any atom is -0.337 e. The number of carbonyl (C=O) groups is 1. The molecular formula is C17H20N2O. The Labute approximate surface area is 119 Å². The number of nitrogens with two attached hydrogens (primary N) is 1. The lowest BCUT2D eigenvalue weighted by Crippen LogP contribution is -2.39. The van der Waals surface area contributed by atoms with Gasteiger partial charge >= 0.3 is 0 Å². The van der Waals surface area contributed by atoms with Gasteiger partial charge in [-0.3, -0.25) is 4.79 Å². The third-order valence-electron chi connectivity index (χ3n) is 4.29. The Hall–Kier alpha value is -1.87. The van der Waals surface area contributed by atoms with Gasteiger partial charge < -0.3 is 10.6 Å². The standard InChI is InChI=1S/C17H20N2O/c1-19-16(20)11-5-10-15(18)17(19)14-9-4-7-12-6-2-3-8-13(12)14/h2-4,6-9,15,17H,5,10-11,18H2,1H3. The Kier molecular flexibility index (Phi) is 3.45. The lowest BCUT2D eigenvalue weighted by atomic mass is 9.92. The second-order valence-corrected chi connectivity index (χ2v) is 5.57. The van der Waals surface area contributed by atoms with Crippen LogP contribution in [0.3, 0.4) is 0 Å². The van der Waals surface area contributed by atoms with Crippen LogP contribution in [0.25, 0.3) is 10.8 Å². The summed E-state index contributed by atoms with van der Waals surface area (Å²) in [6.07, 6.45) is 2.38. The van der Waals surface area contributed by atoms with Crippen LogP contribution in [0.4, 0.5) is 0 Å². The molecular weight excluding hydrogens is 248 g/mol. The number of benzene rings is 2. The average Bonchev–Trinajstić information content (AvgIpc) is 2.58. The number of hydrogen-bond acceptors (Lipinski definition) is 2. The smallest absolute Gasteiger partial charge is 0.222 e. The molecule has 1 aliphatic heterocycles. The van der Waals surface area contributed by atoms with Crippen molar-refractivity contribution in [1.29, 1.82) is 0 Å². The van der Waals surface area contributed by atoms with Gasteiger partial charge in [-0.25, -0.2) is 0 Å². The van der Waals surface area contributed by atoms with Crippen LogP contribution in [0, 0.1) is 0 Å². The van der Waals surface area contributed by atoms with Crippen molar-refractivity contribution in [2.24, 2.45) is 5.73 Å². The van der Waals surface area contributed by atoms with E-state index in [2.05, 4.69) is 24.3 Å². The zero-order valence-electron chi connectivity index (χ0n) is 11.8. The van der Waals surface area contributed by atoms with Crippen molar-refractivity contribution in [3.8, 4) is 0 Å². The summed E-state index contributed by atoms with van der Waals surface area (Å²) >= 11 is 0. The van der Waals surface area contributed by atoms with Gasteiger partial charge in [0.1, 0.15) is 0 Å². The molecule has 1 heterocycles. The maximum atomic E-state index is 12.1. The van der Waals surface area contributed by atoms with Crippen molar-refractivity contribution in [1.82, 2.24) is 4.90 Å². The van der Waals surface area contributed by atoms with E-state index in [-0.39, 0.29) is 18.0 Å². The van der Waals surface area contributed by atoms with E-state index in [0.29, 0.717) is 6.42 Å². The van der Waals surface area contributed by atoms with Crippen LogP contribution in [0.15, 0.2) is 42.5 Å². The van der Waals surface area contributed by atoms with Gasteiger partial charge in [0, 0.05) is 19.5 Å². The summed E-state index contributed by atoms with van der Waals surface area (Å²) in [4.78, 5) is 14.0. The first-order valence-electron chi connectivity index (χ1n) is 7.17. The highest BCUT2D eigenvalue weighted by Gasteiger charge is 2.31. The summed E-state index contributed by atoms with van der Waals surface area (Å²) in [6, 6.07) is 14.5.